The predicted molar refractivity (Wildman–Crippen MR) is 76.1 cm³/mol. The van der Waals surface area contributed by atoms with Gasteiger partial charge in [-0.05, 0) is 40.9 Å². The molecule has 0 spiro atoms. The minimum absolute atomic E-state index is 0. The largest absolute Gasteiger partial charge is 0.493 e. The van der Waals surface area contributed by atoms with E-state index in [1.165, 1.54) is 5.56 Å². The molecule has 0 aliphatic carbocycles. The topological polar surface area (TPSA) is 35.2 Å². The van der Waals surface area contributed by atoms with Gasteiger partial charge in [0.05, 0.1) is 6.61 Å². The van der Waals surface area contributed by atoms with Gasteiger partial charge >= 0.3 is 0 Å². The second-order valence-electron chi connectivity index (χ2n) is 3.44. The van der Waals surface area contributed by atoms with Crippen molar-refractivity contribution in [1.29, 1.82) is 0 Å². The molecule has 0 saturated carbocycles. The Morgan fingerprint density at radius 1 is 1.29 bits per heavy atom. The number of hydrogen-bond donors (Lipinski definition) is 1. The van der Waals surface area contributed by atoms with Crippen molar-refractivity contribution in [2.75, 3.05) is 6.61 Å². The molecule has 0 aliphatic rings. The van der Waals surface area contributed by atoms with Gasteiger partial charge in [0.25, 0.3) is 0 Å². The fraction of sp³-hybridized carbons (Fsp3) is 0.231. The van der Waals surface area contributed by atoms with Gasteiger partial charge in [-0.15, -0.1) is 12.4 Å². The van der Waals surface area contributed by atoms with Gasteiger partial charge in [-0.1, -0.05) is 12.1 Å². The van der Waals surface area contributed by atoms with E-state index in [0.29, 0.717) is 13.2 Å². The molecule has 2 nitrogen and oxygen atoms in total. The Labute approximate surface area is 112 Å². The molecule has 2 rings (SSSR count). The van der Waals surface area contributed by atoms with Crippen LogP contribution in [0.3, 0.4) is 0 Å². The summed E-state index contributed by atoms with van der Waals surface area (Å²) in [5, 5.41) is 4.19. The van der Waals surface area contributed by atoms with Crippen LogP contribution in [0, 0.1) is 0 Å². The molecule has 0 fully saturated rings. The van der Waals surface area contributed by atoms with E-state index in [1.54, 1.807) is 11.3 Å². The smallest absolute Gasteiger partial charge is 0.127 e. The molecule has 2 aromatic rings. The zero-order valence-electron chi connectivity index (χ0n) is 9.68. The molecular formula is C13H16ClNOS. The second-order valence-corrected chi connectivity index (χ2v) is 4.22. The lowest BCUT2D eigenvalue weighted by Gasteiger charge is -2.12. The molecule has 0 bridgehead atoms. The highest BCUT2D eigenvalue weighted by atomic mass is 35.5. The molecule has 0 aliphatic heterocycles. The van der Waals surface area contributed by atoms with E-state index in [9.17, 15) is 0 Å². The molecule has 2 N–H and O–H groups in total. The zero-order chi connectivity index (χ0) is 11.4. The molecule has 0 unspecified atom stereocenters. The Morgan fingerprint density at radius 3 is 2.71 bits per heavy atom. The van der Waals surface area contributed by atoms with Crippen LogP contribution in [0.4, 0.5) is 0 Å². The number of thiophene rings is 1. The summed E-state index contributed by atoms with van der Waals surface area (Å²) in [7, 11) is 0. The summed E-state index contributed by atoms with van der Waals surface area (Å²) < 4.78 is 5.65. The first-order valence-corrected chi connectivity index (χ1v) is 6.28. The summed E-state index contributed by atoms with van der Waals surface area (Å²) in [5.74, 6) is 0.920. The maximum atomic E-state index is 5.77. The van der Waals surface area contributed by atoms with Crippen LogP contribution in [-0.4, -0.2) is 6.61 Å². The fourth-order valence-electron chi connectivity index (χ4n) is 1.76. The lowest BCUT2D eigenvalue weighted by atomic mass is 10.0. The van der Waals surface area contributed by atoms with E-state index in [2.05, 4.69) is 22.9 Å². The highest BCUT2D eigenvalue weighted by molar-refractivity contribution is 7.08. The molecule has 0 amide bonds. The number of nitrogens with two attached hydrogens (primary N) is 1. The van der Waals surface area contributed by atoms with Crippen LogP contribution in [0.5, 0.6) is 5.75 Å². The van der Waals surface area contributed by atoms with Gasteiger partial charge in [-0.25, -0.2) is 0 Å². The van der Waals surface area contributed by atoms with E-state index in [4.69, 9.17) is 10.5 Å². The summed E-state index contributed by atoms with van der Waals surface area (Å²) in [6.45, 7) is 3.20. The lowest BCUT2D eigenvalue weighted by molar-refractivity contribution is 0.341. The summed E-state index contributed by atoms with van der Waals surface area (Å²) in [4.78, 5) is 0. The van der Waals surface area contributed by atoms with Gasteiger partial charge in [0.1, 0.15) is 5.75 Å². The number of rotatable bonds is 4. The highest BCUT2D eigenvalue weighted by Crippen LogP contribution is 2.34. The third kappa shape index (κ3) is 3.00. The maximum absolute atomic E-state index is 5.77. The van der Waals surface area contributed by atoms with Crippen molar-refractivity contribution in [2.24, 2.45) is 5.73 Å². The van der Waals surface area contributed by atoms with E-state index >= 15 is 0 Å². The second kappa shape index (κ2) is 6.64. The van der Waals surface area contributed by atoms with Crippen LogP contribution in [0.1, 0.15) is 12.5 Å². The first-order valence-electron chi connectivity index (χ1n) is 5.34. The van der Waals surface area contributed by atoms with Crippen LogP contribution in [-0.2, 0) is 6.54 Å². The minimum atomic E-state index is 0. The van der Waals surface area contributed by atoms with Gasteiger partial charge in [0, 0.05) is 12.1 Å². The van der Waals surface area contributed by atoms with E-state index in [0.717, 1.165) is 16.9 Å². The molecule has 1 aromatic heterocycles. The van der Waals surface area contributed by atoms with Gasteiger partial charge in [-0.2, -0.15) is 11.3 Å². The van der Waals surface area contributed by atoms with Crippen LogP contribution < -0.4 is 10.5 Å². The van der Waals surface area contributed by atoms with Crippen molar-refractivity contribution in [3.63, 3.8) is 0 Å². The number of halogens is 1. The molecular weight excluding hydrogens is 254 g/mol. The van der Waals surface area contributed by atoms with Crippen molar-refractivity contribution < 1.29 is 4.74 Å². The maximum Gasteiger partial charge on any atom is 0.127 e. The monoisotopic (exact) mass is 269 g/mol. The standard InChI is InChI=1S/C13H15NOS.ClH/c1-2-15-12-5-3-4-10(8-14)13(12)11-6-7-16-9-11;/h3-7,9H,2,8,14H2,1H3;1H. The van der Waals surface area contributed by atoms with Crippen LogP contribution in [0.2, 0.25) is 0 Å². The molecule has 92 valence electrons. The van der Waals surface area contributed by atoms with E-state index in [1.807, 2.05) is 19.1 Å². The summed E-state index contributed by atoms with van der Waals surface area (Å²) in [6, 6.07) is 8.13. The van der Waals surface area contributed by atoms with E-state index in [-0.39, 0.29) is 12.4 Å². The Balaban J connectivity index is 0.00000144. The van der Waals surface area contributed by atoms with Gasteiger partial charge in [0.15, 0.2) is 0 Å². The van der Waals surface area contributed by atoms with Crippen LogP contribution in [0.15, 0.2) is 35.0 Å². The molecule has 1 heterocycles. The van der Waals surface area contributed by atoms with Crippen LogP contribution >= 0.6 is 23.7 Å². The Kier molecular flexibility index (Phi) is 5.48. The molecule has 0 saturated heterocycles. The average molecular weight is 270 g/mol. The first-order chi connectivity index (χ1) is 7.86. The molecule has 0 atom stereocenters. The Morgan fingerprint density at radius 2 is 2.12 bits per heavy atom. The SMILES string of the molecule is CCOc1cccc(CN)c1-c1ccsc1.Cl. The summed E-state index contributed by atoms with van der Waals surface area (Å²) in [6.07, 6.45) is 0. The summed E-state index contributed by atoms with van der Waals surface area (Å²) >= 11 is 1.68. The van der Waals surface area contributed by atoms with Gasteiger partial charge in [-0.3, -0.25) is 0 Å². The molecule has 17 heavy (non-hydrogen) atoms. The van der Waals surface area contributed by atoms with Crippen molar-refractivity contribution in [3.05, 3.63) is 40.6 Å². The normalized spacial score (nSPS) is 9.76. The van der Waals surface area contributed by atoms with Gasteiger partial charge in [0.2, 0.25) is 0 Å². The first kappa shape index (κ1) is 14.0. The van der Waals surface area contributed by atoms with Crippen molar-refractivity contribution in [2.45, 2.75) is 13.5 Å². The van der Waals surface area contributed by atoms with E-state index < -0.39 is 0 Å². The number of benzene rings is 1. The average Bonchev–Trinajstić information content (AvgIpc) is 2.82. The third-order valence-electron chi connectivity index (χ3n) is 2.44. The molecule has 1 aromatic carbocycles. The third-order valence-corrected chi connectivity index (χ3v) is 3.13. The van der Waals surface area contributed by atoms with Crippen molar-refractivity contribution in [3.8, 4) is 16.9 Å². The zero-order valence-corrected chi connectivity index (χ0v) is 11.3. The highest BCUT2D eigenvalue weighted by Gasteiger charge is 2.10. The van der Waals surface area contributed by atoms with Crippen molar-refractivity contribution >= 4 is 23.7 Å². The fourth-order valence-corrected chi connectivity index (χ4v) is 2.40. The van der Waals surface area contributed by atoms with Crippen molar-refractivity contribution in [1.82, 2.24) is 0 Å². The lowest BCUT2D eigenvalue weighted by Crippen LogP contribution is -2.01. The Hall–Kier alpha value is -1.03. The quantitative estimate of drug-likeness (QED) is 0.919. The summed E-state index contributed by atoms with van der Waals surface area (Å²) in [5.41, 5.74) is 9.22. The van der Waals surface area contributed by atoms with Crippen LogP contribution in [0.25, 0.3) is 11.1 Å². The van der Waals surface area contributed by atoms with Gasteiger partial charge < -0.3 is 10.5 Å². The Bertz CT molecular complexity index is 456. The molecule has 0 radical (unpaired) electrons. The number of hydrogen-bond acceptors (Lipinski definition) is 3. The minimum Gasteiger partial charge on any atom is -0.493 e. The number of ether oxygens (including phenoxy) is 1. The predicted octanol–water partition coefficient (Wildman–Crippen LogP) is 3.69. The molecule has 4 heteroatoms.